The Balaban J connectivity index is 2.12. The number of hydrogen-bond donors (Lipinski definition) is 0. The van der Waals surface area contributed by atoms with Crippen molar-refractivity contribution in [3.63, 3.8) is 0 Å². The highest BCUT2D eigenvalue weighted by molar-refractivity contribution is 6.13. The second-order valence-electron chi connectivity index (χ2n) is 4.80. The molecule has 4 nitrogen and oxygen atoms in total. The number of carbonyl (C=O) groups excluding carboxylic acids is 1. The topological polar surface area (TPSA) is 50.5 Å². The Bertz CT molecular complexity index is 917. The Morgan fingerprint density at radius 2 is 1.68 bits per heavy atom. The fourth-order valence-electron chi connectivity index (χ4n) is 2.31. The van der Waals surface area contributed by atoms with Crippen LogP contribution in [-0.4, -0.2) is 13.0 Å². The van der Waals surface area contributed by atoms with Crippen molar-refractivity contribution in [3.05, 3.63) is 76.6 Å². The highest BCUT2D eigenvalue weighted by Crippen LogP contribution is 2.22. The molecule has 0 radical (unpaired) electrons. The van der Waals surface area contributed by atoms with Gasteiger partial charge in [0.2, 0.25) is 0 Å². The molecule has 0 aliphatic carbocycles. The molecule has 0 spiro atoms. The van der Waals surface area contributed by atoms with Crippen molar-refractivity contribution in [1.82, 2.24) is 0 Å². The fraction of sp³-hybridized carbons (Fsp3) is 0.0588. The monoisotopic (exact) mass is 297 g/mol. The van der Waals surface area contributed by atoms with Gasteiger partial charge in [-0.3, -0.25) is 4.79 Å². The summed E-state index contributed by atoms with van der Waals surface area (Å²) in [5, 5.41) is 0.794. The molecule has 1 aromatic heterocycles. The minimum atomic E-state index is -0.513. The summed E-state index contributed by atoms with van der Waals surface area (Å²) in [7, 11) is 1.47. The number of amides is 1. The van der Waals surface area contributed by atoms with E-state index < -0.39 is 17.3 Å². The number of fused-ring (bicyclic) bond motifs is 1. The first kappa shape index (κ1) is 14.0. The molecule has 0 fully saturated rings. The van der Waals surface area contributed by atoms with E-state index in [0.29, 0.717) is 10.8 Å². The molecular weight excluding hydrogens is 285 g/mol. The maximum absolute atomic E-state index is 13.8. The van der Waals surface area contributed by atoms with E-state index in [1.807, 2.05) is 0 Å². The van der Waals surface area contributed by atoms with Gasteiger partial charge in [0.25, 0.3) is 5.91 Å². The van der Waals surface area contributed by atoms with Crippen molar-refractivity contribution in [2.45, 2.75) is 0 Å². The molecule has 2 aromatic carbocycles. The Kier molecular flexibility index (Phi) is 3.47. The van der Waals surface area contributed by atoms with Crippen molar-refractivity contribution in [3.8, 4) is 0 Å². The van der Waals surface area contributed by atoms with E-state index in [9.17, 15) is 14.0 Å². The first-order valence-electron chi connectivity index (χ1n) is 6.62. The average Bonchev–Trinajstić information content (AvgIpc) is 2.55. The molecule has 0 bridgehead atoms. The van der Waals surface area contributed by atoms with Crippen LogP contribution in [0.3, 0.4) is 0 Å². The molecule has 0 saturated heterocycles. The fourth-order valence-corrected chi connectivity index (χ4v) is 2.31. The summed E-state index contributed by atoms with van der Waals surface area (Å²) < 4.78 is 18.7. The summed E-state index contributed by atoms with van der Waals surface area (Å²) in [5.41, 5.74) is -0.149. The number of rotatable bonds is 2. The van der Waals surface area contributed by atoms with E-state index >= 15 is 0 Å². The Morgan fingerprint density at radius 1 is 1.05 bits per heavy atom. The summed E-state index contributed by atoms with van der Waals surface area (Å²) in [5.74, 6) is -0.954. The third kappa shape index (κ3) is 2.26. The van der Waals surface area contributed by atoms with Crippen LogP contribution in [-0.2, 0) is 0 Å². The van der Waals surface area contributed by atoms with Gasteiger partial charge in [-0.2, -0.15) is 0 Å². The van der Waals surface area contributed by atoms with Gasteiger partial charge < -0.3 is 9.32 Å². The minimum Gasteiger partial charge on any atom is -0.430 e. The molecule has 110 valence electrons. The maximum Gasteiger partial charge on any atom is 0.343 e. The molecule has 1 heterocycles. The molecule has 3 rings (SSSR count). The molecular formula is C17H12FNO3. The van der Waals surface area contributed by atoms with E-state index in [2.05, 4.69) is 0 Å². The second kappa shape index (κ2) is 5.44. The molecule has 5 heteroatoms. The molecule has 0 aliphatic heterocycles. The number of nitrogens with zero attached hydrogens (tertiary/aromatic N) is 1. The van der Waals surface area contributed by atoms with Crippen LogP contribution < -0.4 is 10.5 Å². The predicted octanol–water partition coefficient (Wildman–Crippen LogP) is 3.21. The third-order valence-corrected chi connectivity index (χ3v) is 3.47. The zero-order valence-corrected chi connectivity index (χ0v) is 11.7. The third-order valence-electron chi connectivity index (χ3n) is 3.47. The quantitative estimate of drug-likeness (QED) is 0.730. The number of para-hydroxylation sites is 1. The average molecular weight is 297 g/mol. The summed E-state index contributed by atoms with van der Waals surface area (Å²) in [4.78, 5) is 25.5. The highest BCUT2D eigenvalue weighted by Gasteiger charge is 2.20. The van der Waals surface area contributed by atoms with Gasteiger partial charge in [-0.1, -0.05) is 30.3 Å². The van der Waals surface area contributed by atoms with Crippen LogP contribution >= 0.6 is 0 Å². The van der Waals surface area contributed by atoms with Gasteiger partial charge in [0.15, 0.2) is 0 Å². The second-order valence-corrected chi connectivity index (χ2v) is 4.80. The van der Waals surface area contributed by atoms with Crippen LogP contribution in [0.4, 0.5) is 10.1 Å². The van der Waals surface area contributed by atoms with E-state index in [4.69, 9.17) is 4.42 Å². The van der Waals surface area contributed by atoms with Crippen LogP contribution in [0.15, 0.2) is 64.0 Å². The van der Waals surface area contributed by atoms with Gasteiger partial charge in [-0.25, -0.2) is 9.18 Å². The lowest BCUT2D eigenvalue weighted by Gasteiger charge is -2.18. The standard InChI is InChI=1S/C17H12FNO3/c1-19(15-9-5-4-8-14(15)18)16(20)13-10-22-17(21)12-7-3-2-6-11(12)13/h2-10H,1H3. The van der Waals surface area contributed by atoms with Crippen LogP contribution in [0.1, 0.15) is 10.4 Å². The molecule has 0 N–H and O–H groups in total. The summed E-state index contributed by atoms with van der Waals surface area (Å²) >= 11 is 0. The zero-order chi connectivity index (χ0) is 15.7. The smallest absolute Gasteiger partial charge is 0.343 e. The largest absolute Gasteiger partial charge is 0.430 e. The lowest BCUT2D eigenvalue weighted by molar-refractivity contribution is 0.0991. The van der Waals surface area contributed by atoms with Gasteiger partial charge in [0, 0.05) is 12.4 Å². The van der Waals surface area contributed by atoms with Gasteiger partial charge >= 0.3 is 5.63 Å². The number of anilines is 1. The molecule has 3 aromatic rings. The molecule has 0 aliphatic rings. The van der Waals surface area contributed by atoms with Gasteiger partial charge in [-0.05, 0) is 18.2 Å². The lowest BCUT2D eigenvalue weighted by atomic mass is 10.1. The van der Waals surface area contributed by atoms with E-state index in [-0.39, 0.29) is 11.3 Å². The summed E-state index contributed by atoms with van der Waals surface area (Å²) in [6.45, 7) is 0. The molecule has 0 atom stereocenters. The number of hydrogen-bond acceptors (Lipinski definition) is 3. The normalized spacial score (nSPS) is 10.6. The predicted molar refractivity (Wildman–Crippen MR) is 81.6 cm³/mol. The Labute approximate surface area is 125 Å². The first-order valence-corrected chi connectivity index (χ1v) is 6.62. The van der Waals surface area contributed by atoms with Crippen molar-refractivity contribution >= 4 is 22.4 Å². The SMILES string of the molecule is CN(C(=O)c1coc(=O)c2ccccc12)c1ccccc1F. The van der Waals surface area contributed by atoms with Crippen LogP contribution in [0.5, 0.6) is 0 Å². The van der Waals surface area contributed by atoms with Gasteiger partial charge in [0.05, 0.1) is 16.6 Å². The lowest BCUT2D eigenvalue weighted by Crippen LogP contribution is -2.27. The van der Waals surface area contributed by atoms with E-state index in [1.165, 1.54) is 24.1 Å². The molecule has 1 amide bonds. The molecule has 0 saturated carbocycles. The van der Waals surface area contributed by atoms with Gasteiger partial charge in [-0.15, -0.1) is 0 Å². The van der Waals surface area contributed by atoms with Crippen molar-refractivity contribution < 1.29 is 13.6 Å². The number of halogens is 1. The molecule has 0 unspecified atom stereocenters. The summed E-state index contributed by atoms with van der Waals surface area (Å²) in [6.07, 6.45) is 1.12. The van der Waals surface area contributed by atoms with E-state index in [1.54, 1.807) is 36.4 Å². The summed E-state index contributed by atoms with van der Waals surface area (Å²) in [6, 6.07) is 12.6. The Morgan fingerprint density at radius 3 is 2.41 bits per heavy atom. The van der Waals surface area contributed by atoms with Crippen LogP contribution in [0.2, 0.25) is 0 Å². The zero-order valence-electron chi connectivity index (χ0n) is 11.7. The number of carbonyl (C=O) groups is 1. The van der Waals surface area contributed by atoms with Crippen LogP contribution in [0.25, 0.3) is 10.8 Å². The van der Waals surface area contributed by atoms with Crippen molar-refractivity contribution in [2.24, 2.45) is 0 Å². The number of benzene rings is 2. The highest BCUT2D eigenvalue weighted by atomic mass is 19.1. The van der Waals surface area contributed by atoms with Crippen LogP contribution in [0, 0.1) is 5.82 Å². The maximum atomic E-state index is 13.8. The Hall–Kier alpha value is -2.95. The minimum absolute atomic E-state index is 0.155. The first-order chi connectivity index (χ1) is 10.6. The van der Waals surface area contributed by atoms with E-state index in [0.717, 1.165) is 6.26 Å². The van der Waals surface area contributed by atoms with Crippen molar-refractivity contribution in [1.29, 1.82) is 0 Å². The van der Waals surface area contributed by atoms with Gasteiger partial charge in [0.1, 0.15) is 12.1 Å². The van der Waals surface area contributed by atoms with Crippen molar-refractivity contribution in [2.75, 3.05) is 11.9 Å². The molecule has 22 heavy (non-hydrogen) atoms.